The van der Waals surface area contributed by atoms with E-state index in [-0.39, 0.29) is 23.0 Å². The van der Waals surface area contributed by atoms with Gasteiger partial charge in [0, 0.05) is 34.0 Å². The number of ether oxygens (including phenoxy) is 1. The summed E-state index contributed by atoms with van der Waals surface area (Å²) in [5.74, 6) is 0.185. The number of phenolic OH excluding ortho intramolecular Hbond substituents is 1. The zero-order valence-corrected chi connectivity index (χ0v) is 16.4. The number of carbonyl (C=O) groups is 1. The monoisotopic (exact) mass is 409 g/mol. The Labute approximate surface area is 170 Å². The number of aromatic hydroxyl groups is 1. The minimum atomic E-state index is -0.664. The first-order valence-corrected chi connectivity index (χ1v) is 10.2. The molecular weight excluding hydrogens is 390 g/mol. The number of fused-ring (bicyclic) bond motifs is 1. The Hall–Kier alpha value is -3.26. The van der Waals surface area contributed by atoms with Gasteiger partial charge in [0.25, 0.3) is 5.56 Å². The van der Waals surface area contributed by atoms with Gasteiger partial charge in [-0.2, -0.15) is 0 Å². The molecule has 2 atom stereocenters. The van der Waals surface area contributed by atoms with Crippen molar-refractivity contribution in [1.29, 1.82) is 0 Å². The van der Waals surface area contributed by atoms with Crippen LogP contribution in [0.1, 0.15) is 40.7 Å². The minimum absolute atomic E-state index is 0.0179. The van der Waals surface area contributed by atoms with Crippen LogP contribution in [-0.2, 0) is 4.79 Å². The lowest BCUT2D eigenvalue weighted by Gasteiger charge is -2.34. The van der Waals surface area contributed by atoms with Crippen molar-refractivity contribution in [3.63, 3.8) is 0 Å². The van der Waals surface area contributed by atoms with Crippen LogP contribution in [0.5, 0.6) is 11.5 Å². The summed E-state index contributed by atoms with van der Waals surface area (Å²) >= 11 is 1.64. The number of anilines is 1. The van der Waals surface area contributed by atoms with Gasteiger partial charge in [-0.25, -0.2) is 0 Å². The van der Waals surface area contributed by atoms with Crippen LogP contribution in [0, 0.1) is 0 Å². The SMILES string of the molecule is COc1cccc(C2C3=C(CC(c4cccs4)CC3=O)Nc3[nH][nH]c(=O)c32)c1O. The predicted molar refractivity (Wildman–Crippen MR) is 110 cm³/mol. The number of methoxy groups -OCH3 is 1. The largest absolute Gasteiger partial charge is 0.504 e. The first kappa shape index (κ1) is 17.8. The first-order valence-electron chi connectivity index (χ1n) is 9.31. The maximum absolute atomic E-state index is 13.3. The number of phenols is 1. The van der Waals surface area contributed by atoms with Crippen molar-refractivity contribution in [3.05, 3.63) is 73.3 Å². The number of benzene rings is 1. The van der Waals surface area contributed by atoms with Crippen molar-refractivity contribution in [2.75, 3.05) is 12.4 Å². The van der Waals surface area contributed by atoms with Crippen LogP contribution in [0.15, 0.2) is 51.8 Å². The van der Waals surface area contributed by atoms with E-state index in [1.165, 1.54) is 12.0 Å². The van der Waals surface area contributed by atoms with Crippen LogP contribution in [0.4, 0.5) is 5.82 Å². The van der Waals surface area contributed by atoms with Crippen molar-refractivity contribution in [2.45, 2.75) is 24.7 Å². The fourth-order valence-corrected chi connectivity index (χ4v) is 5.22. The van der Waals surface area contributed by atoms with E-state index in [9.17, 15) is 14.7 Å². The molecule has 29 heavy (non-hydrogen) atoms. The maximum atomic E-state index is 13.3. The Bertz CT molecular complexity index is 1190. The predicted octanol–water partition coefficient (Wildman–Crippen LogP) is 3.44. The number of allylic oxidation sites excluding steroid dienone is 2. The van der Waals surface area contributed by atoms with Gasteiger partial charge < -0.3 is 15.2 Å². The van der Waals surface area contributed by atoms with E-state index < -0.39 is 5.92 Å². The summed E-state index contributed by atoms with van der Waals surface area (Å²) in [4.78, 5) is 27.0. The number of para-hydroxylation sites is 1. The van der Waals surface area contributed by atoms with Gasteiger partial charge in [-0.05, 0) is 23.9 Å². The Morgan fingerprint density at radius 2 is 2.00 bits per heavy atom. The minimum Gasteiger partial charge on any atom is -0.504 e. The second-order valence-electron chi connectivity index (χ2n) is 7.26. The number of hydrogen-bond acceptors (Lipinski definition) is 6. The third kappa shape index (κ3) is 2.71. The number of hydrogen-bond donors (Lipinski definition) is 4. The normalized spacial score (nSPS) is 20.8. The highest BCUT2D eigenvalue weighted by Gasteiger charge is 2.41. The molecule has 0 radical (unpaired) electrons. The van der Waals surface area contributed by atoms with E-state index >= 15 is 0 Å². The lowest BCUT2D eigenvalue weighted by Crippen LogP contribution is -2.31. The average molecular weight is 409 g/mol. The van der Waals surface area contributed by atoms with Crippen LogP contribution in [0.3, 0.4) is 0 Å². The molecule has 0 saturated heterocycles. The zero-order valence-electron chi connectivity index (χ0n) is 15.6. The highest BCUT2D eigenvalue weighted by Crippen LogP contribution is 2.49. The van der Waals surface area contributed by atoms with Gasteiger partial charge in [0.1, 0.15) is 5.82 Å². The molecule has 7 nitrogen and oxygen atoms in total. The summed E-state index contributed by atoms with van der Waals surface area (Å²) in [6.45, 7) is 0. The number of ketones is 1. The van der Waals surface area contributed by atoms with Crippen molar-refractivity contribution in [2.24, 2.45) is 0 Å². The second kappa shape index (κ2) is 6.66. The van der Waals surface area contributed by atoms with Gasteiger partial charge in [0.2, 0.25) is 0 Å². The Morgan fingerprint density at radius 3 is 2.76 bits per heavy atom. The summed E-state index contributed by atoms with van der Waals surface area (Å²) in [6, 6.07) is 9.16. The van der Waals surface area contributed by atoms with Crippen molar-refractivity contribution in [1.82, 2.24) is 10.2 Å². The number of thiophene rings is 1. The van der Waals surface area contributed by atoms with Crippen molar-refractivity contribution < 1.29 is 14.6 Å². The number of carbonyl (C=O) groups excluding carboxylic acids is 1. The molecule has 8 heteroatoms. The van der Waals surface area contributed by atoms with Crippen LogP contribution in [-0.4, -0.2) is 28.2 Å². The van der Waals surface area contributed by atoms with E-state index in [0.29, 0.717) is 41.1 Å². The van der Waals surface area contributed by atoms with Crippen LogP contribution in [0.2, 0.25) is 0 Å². The van der Waals surface area contributed by atoms with E-state index in [4.69, 9.17) is 4.74 Å². The molecule has 0 fully saturated rings. The fourth-order valence-electron chi connectivity index (χ4n) is 4.39. The van der Waals surface area contributed by atoms with Gasteiger partial charge in [-0.3, -0.25) is 19.8 Å². The molecule has 0 amide bonds. The molecule has 5 rings (SSSR count). The van der Waals surface area contributed by atoms with Gasteiger partial charge >= 0.3 is 0 Å². The third-order valence-corrected chi connectivity index (χ3v) is 6.72. The number of aromatic amines is 2. The molecule has 148 valence electrons. The number of aromatic nitrogens is 2. The quantitative estimate of drug-likeness (QED) is 0.530. The molecule has 1 aliphatic heterocycles. The van der Waals surface area contributed by atoms with E-state index in [2.05, 4.69) is 15.5 Å². The van der Waals surface area contributed by atoms with E-state index in [0.717, 1.165) is 5.70 Å². The molecule has 1 aromatic carbocycles. The van der Waals surface area contributed by atoms with Gasteiger partial charge in [-0.15, -0.1) is 11.3 Å². The molecular formula is C21H19N3O4S. The molecule has 0 spiro atoms. The number of rotatable bonds is 3. The standard InChI is InChI=1S/C21H19N3O4S/c1-28-14-5-2-4-11(19(14)26)16-17-12(22-20-18(16)21(27)24-23-20)8-10(9-13(17)25)15-6-3-7-29-15/h2-7,10,16,26H,8-9H2,1H3,(H3,22,23,24,27). The highest BCUT2D eigenvalue weighted by molar-refractivity contribution is 7.10. The number of nitrogens with one attached hydrogen (secondary N) is 3. The summed E-state index contributed by atoms with van der Waals surface area (Å²) in [5, 5.41) is 21.5. The number of Topliss-reactive ketones (excluding diaryl/α,β-unsaturated/α-hetero) is 1. The molecule has 3 aromatic rings. The molecule has 0 bridgehead atoms. The second-order valence-corrected chi connectivity index (χ2v) is 8.24. The maximum Gasteiger partial charge on any atom is 0.270 e. The summed E-state index contributed by atoms with van der Waals surface area (Å²) < 4.78 is 5.25. The average Bonchev–Trinajstić information content (AvgIpc) is 3.37. The highest BCUT2D eigenvalue weighted by atomic mass is 32.1. The van der Waals surface area contributed by atoms with Crippen LogP contribution in [0.25, 0.3) is 0 Å². The molecule has 1 aliphatic carbocycles. The molecule has 2 unspecified atom stereocenters. The van der Waals surface area contributed by atoms with Crippen LogP contribution < -0.4 is 15.6 Å². The summed E-state index contributed by atoms with van der Waals surface area (Å²) in [7, 11) is 1.47. The summed E-state index contributed by atoms with van der Waals surface area (Å²) in [5.41, 5.74) is 1.89. The lowest BCUT2D eigenvalue weighted by molar-refractivity contribution is -0.116. The first-order chi connectivity index (χ1) is 14.1. The Kier molecular flexibility index (Phi) is 4.09. The number of H-pyrrole nitrogens is 2. The molecule has 2 aromatic heterocycles. The Morgan fingerprint density at radius 1 is 1.14 bits per heavy atom. The van der Waals surface area contributed by atoms with Crippen molar-refractivity contribution in [3.8, 4) is 11.5 Å². The third-order valence-electron chi connectivity index (χ3n) is 5.68. The molecule has 4 N–H and O–H groups in total. The Balaban J connectivity index is 1.69. The molecule has 2 aliphatic rings. The molecule has 3 heterocycles. The van der Waals surface area contributed by atoms with Gasteiger partial charge in [0.05, 0.1) is 18.6 Å². The summed E-state index contributed by atoms with van der Waals surface area (Å²) in [6.07, 6.45) is 1.04. The van der Waals surface area contributed by atoms with Gasteiger partial charge in [0.15, 0.2) is 17.3 Å². The van der Waals surface area contributed by atoms with Gasteiger partial charge in [-0.1, -0.05) is 18.2 Å². The van der Waals surface area contributed by atoms with E-state index in [1.807, 2.05) is 17.5 Å². The fraction of sp³-hybridized carbons (Fsp3) is 0.238. The van der Waals surface area contributed by atoms with E-state index in [1.54, 1.807) is 29.5 Å². The van der Waals surface area contributed by atoms with Crippen LogP contribution >= 0.6 is 11.3 Å². The van der Waals surface area contributed by atoms with Crippen molar-refractivity contribution >= 4 is 22.9 Å². The smallest absolute Gasteiger partial charge is 0.270 e. The topological polar surface area (TPSA) is 107 Å². The lowest BCUT2D eigenvalue weighted by atomic mass is 9.73. The molecule has 0 saturated carbocycles. The zero-order chi connectivity index (χ0) is 20.1.